The number of rotatable bonds is 9. The maximum Gasteiger partial charge on any atom is 0.238 e. The molecule has 5 nitrogen and oxygen atoms in total. The van der Waals surface area contributed by atoms with Crippen molar-refractivity contribution in [1.29, 1.82) is 0 Å². The zero-order chi connectivity index (χ0) is 18.1. The molecule has 0 unspecified atom stereocenters. The van der Waals surface area contributed by atoms with E-state index < -0.39 is 0 Å². The van der Waals surface area contributed by atoms with Crippen molar-refractivity contribution in [2.75, 3.05) is 38.7 Å². The second-order valence-electron chi connectivity index (χ2n) is 5.42. The summed E-state index contributed by atoms with van der Waals surface area (Å²) in [5.41, 5.74) is 0.712. The zero-order valence-electron chi connectivity index (χ0n) is 14.5. The number of nitrogens with one attached hydrogen (secondary N) is 1. The Morgan fingerprint density at radius 2 is 1.88 bits per heavy atom. The van der Waals surface area contributed by atoms with E-state index in [-0.39, 0.29) is 24.0 Å². The molecule has 0 heterocycles. The molecule has 2 aromatic rings. The number of benzene rings is 2. The summed E-state index contributed by atoms with van der Waals surface area (Å²) in [4.78, 5) is 14.1. The minimum absolute atomic E-state index is 0.113. The lowest BCUT2D eigenvalue weighted by Gasteiger charge is -2.20. The van der Waals surface area contributed by atoms with E-state index in [4.69, 9.17) is 9.47 Å². The number of ether oxygens (including phenoxy) is 2. The zero-order valence-corrected chi connectivity index (χ0v) is 14.5. The number of hydrogen-bond acceptors (Lipinski definition) is 4. The van der Waals surface area contributed by atoms with Crippen LogP contribution in [0.2, 0.25) is 0 Å². The highest BCUT2D eigenvalue weighted by Crippen LogP contribution is 2.16. The lowest BCUT2D eigenvalue weighted by molar-refractivity contribution is -0.117. The molecule has 1 N–H and O–H groups in total. The average Bonchev–Trinajstić information content (AvgIpc) is 2.63. The molecule has 0 aromatic heterocycles. The number of para-hydroxylation sites is 1. The third kappa shape index (κ3) is 6.08. The van der Waals surface area contributed by atoms with Crippen LogP contribution in [-0.4, -0.2) is 44.2 Å². The van der Waals surface area contributed by atoms with E-state index in [1.807, 2.05) is 11.8 Å². The van der Waals surface area contributed by atoms with Crippen molar-refractivity contribution in [1.82, 2.24) is 4.90 Å². The first-order valence-electron chi connectivity index (χ1n) is 8.16. The summed E-state index contributed by atoms with van der Waals surface area (Å²) in [5, 5.41) is 2.84. The van der Waals surface area contributed by atoms with Crippen molar-refractivity contribution in [3.05, 3.63) is 54.3 Å². The van der Waals surface area contributed by atoms with Crippen LogP contribution < -0.4 is 14.8 Å². The highest BCUT2D eigenvalue weighted by molar-refractivity contribution is 5.92. The number of carbonyl (C=O) groups excluding carboxylic acids is 1. The van der Waals surface area contributed by atoms with Crippen molar-refractivity contribution < 1.29 is 18.7 Å². The SMILES string of the molecule is CCN(CCOc1ccccc1F)CC(=O)Nc1ccc(OC)cc1. The van der Waals surface area contributed by atoms with Crippen LogP contribution >= 0.6 is 0 Å². The van der Waals surface area contributed by atoms with E-state index in [1.165, 1.54) is 6.07 Å². The topological polar surface area (TPSA) is 50.8 Å². The van der Waals surface area contributed by atoms with Crippen molar-refractivity contribution >= 4 is 11.6 Å². The largest absolute Gasteiger partial charge is 0.497 e. The van der Waals surface area contributed by atoms with Gasteiger partial charge in [-0.1, -0.05) is 19.1 Å². The van der Waals surface area contributed by atoms with Gasteiger partial charge in [-0.05, 0) is 42.9 Å². The molecule has 0 aliphatic rings. The molecule has 0 radical (unpaired) electrons. The molecule has 134 valence electrons. The first-order chi connectivity index (χ1) is 12.1. The lowest BCUT2D eigenvalue weighted by Crippen LogP contribution is -2.36. The molecule has 0 saturated carbocycles. The minimum atomic E-state index is -0.386. The van der Waals surface area contributed by atoms with Crippen LogP contribution in [0.15, 0.2) is 48.5 Å². The van der Waals surface area contributed by atoms with Gasteiger partial charge in [0.15, 0.2) is 11.6 Å². The summed E-state index contributed by atoms with van der Waals surface area (Å²) >= 11 is 0. The number of likely N-dealkylation sites (N-methyl/N-ethyl adjacent to an activating group) is 1. The number of methoxy groups -OCH3 is 1. The molecular weight excluding hydrogens is 323 g/mol. The third-order valence-electron chi connectivity index (χ3n) is 3.69. The molecule has 0 aliphatic carbocycles. The molecular formula is C19H23FN2O3. The molecule has 0 aliphatic heterocycles. The molecule has 2 aromatic carbocycles. The van der Waals surface area contributed by atoms with Crippen molar-refractivity contribution in [3.8, 4) is 11.5 Å². The highest BCUT2D eigenvalue weighted by Gasteiger charge is 2.10. The average molecular weight is 346 g/mol. The van der Waals surface area contributed by atoms with Gasteiger partial charge in [0.05, 0.1) is 13.7 Å². The number of carbonyl (C=O) groups is 1. The van der Waals surface area contributed by atoms with Crippen molar-refractivity contribution in [3.63, 3.8) is 0 Å². The Morgan fingerprint density at radius 3 is 2.52 bits per heavy atom. The Bertz CT molecular complexity index is 677. The van der Waals surface area contributed by atoms with E-state index in [0.29, 0.717) is 25.4 Å². The van der Waals surface area contributed by atoms with Crippen LogP contribution in [0.3, 0.4) is 0 Å². The van der Waals surface area contributed by atoms with Gasteiger partial charge in [0.1, 0.15) is 12.4 Å². The van der Waals surface area contributed by atoms with Crippen LogP contribution in [-0.2, 0) is 4.79 Å². The molecule has 2 rings (SSSR count). The van der Waals surface area contributed by atoms with E-state index in [0.717, 1.165) is 5.75 Å². The smallest absolute Gasteiger partial charge is 0.238 e. The van der Waals surface area contributed by atoms with Gasteiger partial charge in [-0.15, -0.1) is 0 Å². The van der Waals surface area contributed by atoms with Crippen LogP contribution in [0, 0.1) is 5.82 Å². The lowest BCUT2D eigenvalue weighted by atomic mass is 10.3. The summed E-state index contributed by atoms with van der Waals surface area (Å²) < 4.78 is 24.0. The normalized spacial score (nSPS) is 10.6. The third-order valence-corrected chi connectivity index (χ3v) is 3.69. The summed E-state index contributed by atoms with van der Waals surface area (Å²) in [6.45, 7) is 3.73. The molecule has 0 atom stereocenters. The fraction of sp³-hybridized carbons (Fsp3) is 0.316. The number of nitrogens with zero attached hydrogens (tertiary/aromatic N) is 1. The summed E-state index contributed by atoms with van der Waals surface area (Å²) in [5.74, 6) is 0.459. The van der Waals surface area contributed by atoms with Gasteiger partial charge in [0, 0.05) is 12.2 Å². The van der Waals surface area contributed by atoms with Gasteiger partial charge in [-0.2, -0.15) is 0 Å². The monoisotopic (exact) mass is 346 g/mol. The summed E-state index contributed by atoms with van der Waals surface area (Å²) in [6.07, 6.45) is 0. The second kappa shape index (κ2) is 9.64. The molecule has 25 heavy (non-hydrogen) atoms. The summed E-state index contributed by atoms with van der Waals surface area (Å²) in [7, 11) is 1.59. The van der Waals surface area contributed by atoms with E-state index in [1.54, 1.807) is 49.6 Å². The van der Waals surface area contributed by atoms with E-state index in [2.05, 4.69) is 5.32 Å². The van der Waals surface area contributed by atoms with Crippen LogP contribution in [0.5, 0.6) is 11.5 Å². The van der Waals surface area contributed by atoms with Gasteiger partial charge in [-0.3, -0.25) is 9.69 Å². The fourth-order valence-corrected chi connectivity index (χ4v) is 2.27. The fourth-order valence-electron chi connectivity index (χ4n) is 2.27. The quantitative estimate of drug-likeness (QED) is 0.758. The Labute approximate surface area is 147 Å². The molecule has 6 heteroatoms. The molecule has 0 fully saturated rings. The van der Waals surface area contributed by atoms with Gasteiger partial charge in [-0.25, -0.2) is 4.39 Å². The van der Waals surface area contributed by atoms with Gasteiger partial charge in [0.25, 0.3) is 0 Å². The predicted molar refractivity (Wildman–Crippen MR) is 95.6 cm³/mol. The Hall–Kier alpha value is -2.60. The molecule has 0 saturated heterocycles. The van der Waals surface area contributed by atoms with Crippen LogP contribution in [0.25, 0.3) is 0 Å². The van der Waals surface area contributed by atoms with Gasteiger partial charge >= 0.3 is 0 Å². The number of halogens is 1. The minimum Gasteiger partial charge on any atom is -0.497 e. The van der Waals surface area contributed by atoms with Crippen LogP contribution in [0.1, 0.15) is 6.92 Å². The van der Waals surface area contributed by atoms with E-state index >= 15 is 0 Å². The maximum atomic E-state index is 13.5. The molecule has 0 spiro atoms. The van der Waals surface area contributed by atoms with Gasteiger partial charge < -0.3 is 14.8 Å². The number of hydrogen-bond donors (Lipinski definition) is 1. The number of anilines is 1. The van der Waals surface area contributed by atoms with Crippen molar-refractivity contribution in [2.45, 2.75) is 6.92 Å². The van der Waals surface area contributed by atoms with Gasteiger partial charge in [0.2, 0.25) is 5.91 Å². The first kappa shape index (κ1) is 18.7. The second-order valence-corrected chi connectivity index (χ2v) is 5.42. The van der Waals surface area contributed by atoms with Crippen molar-refractivity contribution in [2.24, 2.45) is 0 Å². The maximum absolute atomic E-state index is 13.5. The standard InChI is InChI=1S/C19H23FN2O3/c1-3-22(12-13-25-18-7-5-4-6-17(18)20)14-19(23)21-15-8-10-16(24-2)11-9-15/h4-11H,3,12-14H2,1-2H3,(H,21,23). The molecule has 0 bridgehead atoms. The summed E-state index contributed by atoms with van der Waals surface area (Å²) in [6, 6.07) is 13.4. The predicted octanol–water partition coefficient (Wildman–Crippen LogP) is 3.17. The Kier molecular flexibility index (Phi) is 7.22. The molecule has 1 amide bonds. The Morgan fingerprint density at radius 1 is 1.16 bits per heavy atom. The number of amides is 1. The van der Waals surface area contributed by atoms with E-state index in [9.17, 15) is 9.18 Å². The van der Waals surface area contributed by atoms with Crippen LogP contribution in [0.4, 0.5) is 10.1 Å². The Balaban J connectivity index is 1.78. The first-order valence-corrected chi connectivity index (χ1v) is 8.16. The highest BCUT2D eigenvalue weighted by atomic mass is 19.1.